The third-order valence-electron chi connectivity index (χ3n) is 2.99. The quantitative estimate of drug-likeness (QED) is 0.769. The molecule has 0 radical (unpaired) electrons. The lowest BCUT2D eigenvalue weighted by Gasteiger charge is -2.11. The first-order valence-electron chi connectivity index (χ1n) is 6.01. The topological polar surface area (TPSA) is 57.8 Å². The largest absolute Gasteiger partial charge is 0.361 e. The van der Waals surface area contributed by atoms with Crippen LogP contribution in [0, 0.1) is 0 Å². The maximum Gasteiger partial charge on any atom is 0.251 e. The molecule has 0 saturated heterocycles. The van der Waals surface area contributed by atoms with E-state index in [0.29, 0.717) is 5.56 Å². The van der Waals surface area contributed by atoms with Crippen LogP contribution in [0.25, 0.3) is 10.9 Å². The SMILES string of the molecule is CC(NC(=O)c1ccc2cc[nH]c2c1)c1nccs1. The van der Waals surface area contributed by atoms with Gasteiger partial charge in [-0.15, -0.1) is 11.3 Å². The molecule has 96 valence electrons. The number of rotatable bonds is 3. The van der Waals surface area contributed by atoms with Crippen molar-refractivity contribution in [3.05, 3.63) is 52.6 Å². The van der Waals surface area contributed by atoms with Crippen molar-refractivity contribution in [3.8, 4) is 0 Å². The van der Waals surface area contributed by atoms with Gasteiger partial charge in [-0.1, -0.05) is 6.07 Å². The molecule has 1 aromatic carbocycles. The lowest BCUT2D eigenvalue weighted by molar-refractivity contribution is 0.0940. The summed E-state index contributed by atoms with van der Waals surface area (Å²) >= 11 is 1.54. The Bertz CT molecular complexity index is 702. The highest BCUT2D eigenvalue weighted by atomic mass is 32.1. The van der Waals surface area contributed by atoms with Gasteiger partial charge in [0.15, 0.2) is 0 Å². The van der Waals surface area contributed by atoms with Gasteiger partial charge in [0.1, 0.15) is 5.01 Å². The van der Waals surface area contributed by atoms with Gasteiger partial charge in [-0.05, 0) is 30.5 Å². The van der Waals surface area contributed by atoms with E-state index in [1.54, 1.807) is 17.5 Å². The van der Waals surface area contributed by atoms with Crippen molar-refractivity contribution < 1.29 is 4.79 Å². The van der Waals surface area contributed by atoms with E-state index in [0.717, 1.165) is 15.9 Å². The van der Waals surface area contributed by atoms with Crippen molar-refractivity contribution in [2.24, 2.45) is 0 Å². The van der Waals surface area contributed by atoms with Crippen molar-refractivity contribution in [1.29, 1.82) is 0 Å². The molecule has 2 aromatic heterocycles. The number of fused-ring (bicyclic) bond motifs is 1. The molecule has 0 saturated carbocycles. The second-order valence-electron chi connectivity index (χ2n) is 4.35. The number of aromatic amines is 1. The summed E-state index contributed by atoms with van der Waals surface area (Å²) in [6, 6.07) is 7.54. The number of amides is 1. The summed E-state index contributed by atoms with van der Waals surface area (Å²) in [5, 5.41) is 6.87. The molecule has 0 aliphatic rings. The summed E-state index contributed by atoms with van der Waals surface area (Å²) in [5.74, 6) is -0.0841. The van der Waals surface area contributed by atoms with Crippen molar-refractivity contribution in [1.82, 2.24) is 15.3 Å². The van der Waals surface area contributed by atoms with Crippen LogP contribution < -0.4 is 5.32 Å². The number of carbonyl (C=O) groups excluding carboxylic acids is 1. The zero-order chi connectivity index (χ0) is 13.2. The Kier molecular flexibility index (Phi) is 3.05. The van der Waals surface area contributed by atoms with E-state index < -0.39 is 0 Å². The molecule has 1 atom stereocenters. The molecule has 2 heterocycles. The molecule has 4 nitrogen and oxygen atoms in total. The minimum Gasteiger partial charge on any atom is -0.361 e. The van der Waals surface area contributed by atoms with Gasteiger partial charge in [0.2, 0.25) is 0 Å². The van der Waals surface area contributed by atoms with Crippen LogP contribution >= 0.6 is 11.3 Å². The number of benzene rings is 1. The summed E-state index contributed by atoms with van der Waals surface area (Å²) < 4.78 is 0. The first-order chi connectivity index (χ1) is 9.24. The van der Waals surface area contributed by atoms with E-state index in [-0.39, 0.29) is 11.9 Å². The highest BCUT2D eigenvalue weighted by Crippen LogP contribution is 2.17. The Labute approximate surface area is 114 Å². The minimum atomic E-state index is -0.0841. The Hall–Kier alpha value is -2.14. The first-order valence-corrected chi connectivity index (χ1v) is 6.89. The van der Waals surface area contributed by atoms with E-state index >= 15 is 0 Å². The number of hydrogen-bond acceptors (Lipinski definition) is 3. The smallest absolute Gasteiger partial charge is 0.251 e. The van der Waals surface area contributed by atoms with Crippen molar-refractivity contribution in [2.45, 2.75) is 13.0 Å². The summed E-state index contributed by atoms with van der Waals surface area (Å²) in [7, 11) is 0. The Morgan fingerprint density at radius 2 is 2.32 bits per heavy atom. The maximum absolute atomic E-state index is 12.2. The molecule has 0 bridgehead atoms. The van der Waals surface area contributed by atoms with E-state index in [9.17, 15) is 4.79 Å². The highest BCUT2D eigenvalue weighted by molar-refractivity contribution is 7.09. The fourth-order valence-corrected chi connectivity index (χ4v) is 2.63. The van der Waals surface area contributed by atoms with Crippen LogP contribution in [0.1, 0.15) is 28.3 Å². The van der Waals surface area contributed by atoms with Gasteiger partial charge in [-0.2, -0.15) is 0 Å². The van der Waals surface area contributed by atoms with E-state index in [4.69, 9.17) is 0 Å². The summed E-state index contributed by atoms with van der Waals surface area (Å²) in [6.07, 6.45) is 3.61. The van der Waals surface area contributed by atoms with Crippen LogP contribution in [0.4, 0.5) is 0 Å². The summed E-state index contributed by atoms with van der Waals surface area (Å²) in [4.78, 5) is 19.5. The van der Waals surface area contributed by atoms with Crippen molar-refractivity contribution in [2.75, 3.05) is 0 Å². The van der Waals surface area contributed by atoms with Gasteiger partial charge in [0.25, 0.3) is 5.91 Å². The standard InChI is InChI=1S/C14H13N3OS/c1-9(14-16-6-7-19-14)17-13(18)11-3-2-10-4-5-15-12(10)8-11/h2-9,15H,1H3,(H,17,18). The number of nitrogens with one attached hydrogen (secondary N) is 2. The van der Waals surface area contributed by atoms with Crippen LogP contribution in [0.2, 0.25) is 0 Å². The molecule has 0 aliphatic carbocycles. The third-order valence-corrected chi connectivity index (χ3v) is 3.94. The zero-order valence-electron chi connectivity index (χ0n) is 10.4. The zero-order valence-corrected chi connectivity index (χ0v) is 11.2. The molecule has 0 fully saturated rings. The van der Waals surface area contributed by atoms with Crippen LogP contribution in [0.5, 0.6) is 0 Å². The molecular weight excluding hydrogens is 258 g/mol. The van der Waals surface area contributed by atoms with E-state index in [1.165, 1.54) is 0 Å². The molecule has 2 N–H and O–H groups in total. The molecule has 0 spiro atoms. The molecule has 19 heavy (non-hydrogen) atoms. The summed E-state index contributed by atoms with van der Waals surface area (Å²) in [5.41, 5.74) is 1.62. The normalized spacial score (nSPS) is 12.5. The monoisotopic (exact) mass is 271 g/mol. The van der Waals surface area contributed by atoms with Gasteiger partial charge in [0, 0.05) is 28.9 Å². The third kappa shape index (κ3) is 2.37. The Morgan fingerprint density at radius 3 is 3.11 bits per heavy atom. The highest BCUT2D eigenvalue weighted by Gasteiger charge is 2.13. The van der Waals surface area contributed by atoms with E-state index in [1.807, 2.05) is 42.8 Å². The van der Waals surface area contributed by atoms with Gasteiger partial charge in [-0.25, -0.2) is 4.98 Å². The predicted octanol–water partition coefficient (Wildman–Crippen LogP) is 3.12. The van der Waals surface area contributed by atoms with Gasteiger partial charge >= 0.3 is 0 Å². The van der Waals surface area contributed by atoms with Crippen LogP contribution in [0.15, 0.2) is 42.0 Å². The molecular formula is C14H13N3OS. The number of thiazole rings is 1. The van der Waals surface area contributed by atoms with Gasteiger partial charge < -0.3 is 10.3 Å². The first kappa shape index (κ1) is 11.9. The molecule has 5 heteroatoms. The van der Waals surface area contributed by atoms with Crippen LogP contribution in [-0.4, -0.2) is 15.9 Å². The predicted molar refractivity (Wildman–Crippen MR) is 76.3 cm³/mol. The molecule has 1 amide bonds. The average molecular weight is 271 g/mol. The van der Waals surface area contributed by atoms with Crippen molar-refractivity contribution in [3.63, 3.8) is 0 Å². The second-order valence-corrected chi connectivity index (χ2v) is 5.27. The Balaban J connectivity index is 1.79. The lowest BCUT2D eigenvalue weighted by atomic mass is 10.1. The molecule has 3 aromatic rings. The van der Waals surface area contributed by atoms with Crippen molar-refractivity contribution >= 4 is 28.1 Å². The number of nitrogens with zero attached hydrogens (tertiary/aromatic N) is 1. The van der Waals surface area contributed by atoms with Crippen LogP contribution in [-0.2, 0) is 0 Å². The van der Waals surface area contributed by atoms with Gasteiger partial charge in [-0.3, -0.25) is 4.79 Å². The van der Waals surface area contributed by atoms with Crippen LogP contribution in [0.3, 0.4) is 0 Å². The number of aromatic nitrogens is 2. The fraction of sp³-hybridized carbons (Fsp3) is 0.143. The summed E-state index contributed by atoms with van der Waals surface area (Å²) in [6.45, 7) is 1.93. The molecule has 0 aliphatic heterocycles. The minimum absolute atomic E-state index is 0.0770. The average Bonchev–Trinajstić information content (AvgIpc) is 3.09. The number of hydrogen-bond donors (Lipinski definition) is 2. The number of carbonyl (C=O) groups is 1. The van der Waals surface area contributed by atoms with Gasteiger partial charge in [0.05, 0.1) is 6.04 Å². The number of H-pyrrole nitrogens is 1. The lowest BCUT2D eigenvalue weighted by Crippen LogP contribution is -2.26. The van der Waals surface area contributed by atoms with E-state index in [2.05, 4.69) is 15.3 Å². The molecule has 3 rings (SSSR count). The Morgan fingerprint density at radius 1 is 1.42 bits per heavy atom. The fourth-order valence-electron chi connectivity index (χ4n) is 1.98. The maximum atomic E-state index is 12.2. The molecule has 1 unspecified atom stereocenters. The second kappa shape index (κ2) is 4.85.